The molecule has 0 amide bonds. The summed E-state index contributed by atoms with van der Waals surface area (Å²) in [5, 5.41) is 26.2. The third kappa shape index (κ3) is 8.45. The maximum atomic E-state index is 5.95. The summed E-state index contributed by atoms with van der Waals surface area (Å²) in [5.41, 5.74) is 27.3. The number of hydrogen-bond donors (Lipinski definition) is 0. The number of nitrogens with zero attached hydrogens (tertiary/aromatic N) is 10. The fraction of sp³-hybridized carbons (Fsp3) is 0. The molecule has 0 atom stereocenters. The van der Waals surface area contributed by atoms with E-state index >= 15 is 0 Å². The highest BCUT2D eigenvalue weighted by atomic mass is 15.2. The fourth-order valence-electron chi connectivity index (χ4n) is 21.9. The molecule has 29 aromatic rings. The average Bonchev–Trinajstić information content (AvgIpc) is 1.51. The molecule has 0 bridgehead atoms. The molecule has 10 heterocycles. The summed E-state index contributed by atoms with van der Waals surface area (Å²) < 4.78 is 14.9. The van der Waals surface area contributed by atoms with Gasteiger partial charge in [-0.15, -0.1) is 0 Å². The second-order valence-electron chi connectivity index (χ2n) is 33.1. The van der Waals surface area contributed by atoms with E-state index in [2.05, 4.69) is 397 Å². The van der Waals surface area contributed by atoms with Gasteiger partial charge in [0.15, 0.2) is 11.6 Å². The van der Waals surface area contributed by atoms with Crippen LogP contribution < -0.4 is 0 Å². The van der Waals surface area contributed by atoms with Crippen LogP contribution in [0.1, 0.15) is 0 Å². The van der Waals surface area contributed by atoms with Crippen molar-refractivity contribution in [3.8, 4) is 56.7 Å². The molecule has 19 aromatic carbocycles. The van der Waals surface area contributed by atoms with E-state index in [-0.39, 0.29) is 0 Å². The van der Waals surface area contributed by atoms with Crippen LogP contribution in [0.5, 0.6) is 0 Å². The Labute approximate surface area is 693 Å². The predicted octanol–water partition coefficient (Wildman–Crippen LogP) is 28.7. The highest BCUT2D eigenvalue weighted by Crippen LogP contribution is 2.53. The zero-order valence-corrected chi connectivity index (χ0v) is 65.3. The van der Waals surface area contributed by atoms with E-state index in [1.807, 2.05) is 6.07 Å². The van der Waals surface area contributed by atoms with Crippen LogP contribution in [0.4, 0.5) is 0 Å². The molecule has 0 saturated carbocycles. The first-order chi connectivity index (χ1) is 60.5. The second kappa shape index (κ2) is 23.6. The minimum atomic E-state index is 0.740. The van der Waals surface area contributed by atoms with Crippen molar-refractivity contribution >= 4 is 218 Å². The minimum absolute atomic E-state index is 0.740. The lowest BCUT2D eigenvalue weighted by Gasteiger charge is -2.16. The smallest absolute Gasteiger partial charge is 0.182 e. The Morgan fingerprint density at radius 1 is 0.164 bits per heavy atom. The maximum absolute atomic E-state index is 5.95. The molecule has 0 radical (unpaired) electrons. The summed E-state index contributed by atoms with van der Waals surface area (Å²) in [6.45, 7) is 0. The van der Waals surface area contributed by atoms with Crippen molar-refractivity contribution in [3.05, 3.63) is 376 Å². The Bertz CT molecular complexity index is 9730. The molecular formula is C112H62N10. The van der Waals surface area contributed by atoms with Gasteiger partial charge in [0.05, 0.1) is 111 Å². The van der Waals surface area contributed by atoms with Crippen LogP contribution >= 0.6 is 0 Å². The normalized spacial score (nSPS) is 12.6. The maximum Gasteiger partial charge on any atom is 0.182 e. The van der Waals surface area contributed by atoms with Gasteiger partial charge < -0.3 is 17.9 Å². The zero-order chi connectivity index (χ0) is 79.0. The third-order valence-electron chi connectivity index (χ3n) is 26.9. The molecule has 29 rings (SSSR count). The van der Waals surface area contributed by atoms with E-state index in [0.717, 1.165) is 134 Å². The van der Waals surface area contributed by atoms with Crippen LogP contribution in [0, 0.1) is 0 Å². The van der Waals surface area contributed by atoms with Crippen LogP contribution in [0.25, 0.3) is 274 Å². The molecule has 0 fully saturated rings. The minimum Gasteiger partial charge on any atom is -0.309 e. The molecule has 10 aromatic heterocycles. The Morgan fingerprint density at radius 3 is 1.17 bits per heavy atom. The van der Waals surface area contributed by atoms with Crippen molar-refractivity contribution in [1.29, 1.82) is 0 Å². The van der Waals surface area contributed by atoms with Gasteiger partial charge in [-0.3, -0.25) is 9.13 Å². The van der Waals surface area contributed by atoms with Crippen molar-refractivity contribution in [2.45, 2.75) is 0 Å². The summed E-state index contributed by atoms with van der Waals surface area (Å²) in [6, 6.07) is 139. The molecule has 10 nitrogen and oxygen atoms in total. The van der Waals surface area contributed by atoms with Crippen LogP contribution in [0.15, 0.2) is 376 Å². The van der Waals surface area contributed by atoms with Gasteiger partial charge in [0, 0.05) is 119 Å². The summed E-state index contributed by atoms with van der Waals surface area (Å²) in [6.07, 6.45) is 0. The van der Waals surface area contributed by atoms with Gasteiger partial charge in [0.1, 0.15) is 0 Å². The highest BCUT2D eigenvalue weighted by Gasteiger charge is 2.32. The number of aromatic nitrogens is 10. The first-order valence-corrected chi connectivity index (χ1v) is 41.8. The monoisotopic (exact) mass is 1550 g/mol. The highest BCUT2D eigenvalue weighted by molar-refractivity contribution is 6.39. The van der Waals surface area contributed by atoms with Crippen molar-refractivity contribution in [2.24, 2.45) is 0 Å². The summed E-state index contributed by atoms with van der Waals surface area (Å²) in [7, 11) is 0. The average molecular weight is 1550 g/mol. The first kappa shape index (κ1) is 64.6. The van der Waals surface area contributed by atoms with Crippen molar-refractivity contribution < 1.29 is 0 Å². The van der Waals surface area contributed by atoms with Crippen molar-refractivity contribution in [2.75, 3.05) is 0 Å². The molecule has 0 aliphatic heterocycles. The second-order valence-corrected chi connectivity index (χ2v) is 33.1. The Morgan fingerprint density at radius 2 is 0.541 bits per heavy atom. The van der Waals surface area contributed by atoms with E-state index in [9.17, 15) is 0 Å². The Balaban J connectivity index is 0.648. The van der Waals surface area contributed by atoms with E-state index in [0.29, 0.717) is 0 Å². The van der Waals surface area contributed by atoms with Gasteiger partial charge in [-0.05, 0) is 148 Å². The quantitative estimate of drug-likeness (QED) is 0.159. The van der Waals surface area contributed by atoms with E-state index in [1.165, 1.54) is 141 Å². The molecule has 0 saturated heterocycles. The van der Waals surface area contributed by atoms with Crippen LogP contribution in [-0.2, 0) is 0 Å². The van der Waals surface area contributed by atoms with Crippen LogP contribution in [-0.4, -0.2) is 47.0 Å². The van der Waals surface area contributed by atoms with Crippen LogP contribution in [0.3, 0.4) is 0 Å². The summed E-state index contributed by atoms with van der Waals surface area (Å²) in [4.78, 5) is 22.9. The molecule has 0 N–H and O–H groups in total. The van der Waals surface area contributed by atoms with E-state index < -0.39 is 0 Å². The largest absolute Gasteiger partial charge is 0.309 e. The number of fused-ring (bicyclic) bond motifs is 34. The molecule has 0 unspecified atom stereocenters. The first-order valence-electron chi connectivity index (χ1n) is 41.8. The van der Waals surface area contributed by atoms with Crippen molar-refractivity contribution in [1.82, 2.24) is 47.0 Å². The van der Waals surface area contributed by atoms with Gasteiger partial charge in [-0.25, -0.2) is 19.9 Å². The zero-order valence-electron chi connectivity index (χ0n) is 65.3. The summed E-state index contributed by atoms with van der Waals surface area (Å²) in [5.74, 6) is 1.49. The lowest BCUT2D eigenvalue weighted by atomic mass is 9.98. The van der Waals surface area contributed by atoms with Gasteiger partial charge in [0.2, 0.25) is 0 Å². The molecular weight excluding hydrogens is 1490 g/mol. The number of rotatable bonds is 7. The fourth-order valence-corrected chi connectivity index (χ4v) is 21.9. The Kier molecular flexibility index (Phi) is 12.5. The molecule has 560 valence electrons. The molecule has 10 heteroatoms. The van der Waals surface area contributed by atoms with Gasteiger partial charge in [-0.1, -0.05) is 261 Å². The number of hydrogen-bond acceptors (Lipinski definition) is 4. The number of para-hydroxylation sites is 9. The van der Waals surface area contributed by atoms with Gasteiger partial charge in [0.25, 0.3) is 0 Å². The third-order valence-corrected chi connectivity index (χ3v) is 26.9. The molecule has 0 aliphatic rings. The molecule has 0 spiro atoms. The predicted molar refractivity (Wildman–Crippen MR) is 508 cm³/mol. The van der Waals surface area contributed by atoms with Crippen molar-refractivity contribution in [3.63, 3.8) is 0 Å². The summed E-state index contributed by atoms with van der Waals surface area (Å²) >= 11 is 0. The number of benzene rings is 19. The molecule has 122 heavy (non-hydrogen) atoms. The lowest BCUT2D eigenvalue weighted by Crippen LogP contribution is -2.09. The van der Waals surface area contributed by atoms with E-state index in [4.69, 9.17) is 19.9 Å². The van der Waals surface area contributed by atoms with E-state index in [1.54, 1.807) is 0 Å². The van der Waals surface area contributed by atoms with Crippen LogP contribution in [0.2, 0.25) is 0 Å². The van der Waals surface area contributed by atoms with Gasteiger partial charge >= 0.3 is 0 Å². The van der Waals surface area contributed by atoms with Gasteiger partial charge in [-0.2, -0.15) is 0 Å². The standard InChI is InChI=1S/C112H62N10/c1-2-25-70(26-3-1)117-92-38-18-10-30-75(92)79-52-47-69(60-98(79)117)104-103(113-88-34-14-15-35-89(88)114-104)66-42-50-71(51-43-66)118-93-39-19-11-31-76(93)84-62-87-83-58-67(49-56-96(83)121-106-74-29-9-6-24-65(74)44-54-81(106)101(107(84)118)109(87)121)68-46-53-80-99(59-68)119(97-57-48-63-22-4-7-27-72(63)100(80)97)111-112(116-91-37-17-16-36-90(91)115-111)122-95-41-21-13-33-78(95)86-61-85-77-32-12-20-40-94(77)120-105-73-28-8-5-23-64(73)45-55-82(105)102(108(85)120)110(86)122/h1-62H. The SMILES string of the molecule is c1ccc(-n2c3ccccc3c3ccc(-c4nc5ccccc5nc4-c4ccc(-n5c6ccccc6c6cc7c8cc(-c9ccc%10c%11c%12ccccc%12ccc%11n(-c%11nc%12ccccc%12nc%11-n%11c%12ccccc%12c%12cc%13c%14ccccc%14n%14c%15c%16ccccc%16ccc%15c(c%12%11)c%13%14)c%10c9)ccc8n8c9c%10ccccc%10ccc9c(c65)c78)cc4)cc32)cc1. The Hall–Kier alpha value is -16.6. The lowest BCUT2D eigenvalue weighted by molar-refractivity contribution is 0.998. The topological polar surface area (TPSA) is 80.1 Å². The molecule has 0 aliphatic carbocycles.